The standard InChI is InChI=1S/C15H19Cl2NOS/c16-13-6-5-7-14(17)12(13)10-20-11-15(19)18-8-3-1-2-4-9-18/h5-7H,1-4,8-11H2. The van der Waals surface area contributed by atoms with Crippen molar-refractivity contribution in [1.82, 2.24) is 4.90 Å². The van der Waals surface area contributed by atoms with E-state index >= 15 is 0 Å². The number of hydrogen-bond acceptors (Lipinski definition) is 2. The van der Waals surface area contributed by atoms with Gasteiger partial charge in [-0.05, 0) is 30.5 Å². The van der Waals surface area contributed by atoms with Crippen molar-refractivity contribution in [2.24, 2.45) is 0 Å². The molecule has 1 fully saturated rings. The zero-order chi connectivity index (χ0) is 14.4. The molecular weight excluding hydrogens is 313 g/mol. The van der Waals surface area contributed by atoms with Crippen molar-refractivity contribution >= 4 is 40.9 Å². The van der Waals surface area contributed by atoms with Crippen LogP contribution in [0.3, 0.4) is 0 Å². The number of thioether (sulfide) groups is 1. The molecule has 1 aliphatic rings. The molecule has 1 aromatic carbocycles. The molecule has 0 spiro atoms. The van der Waals surface area contributed by atoms with Gasteiger partial charge in [-0.1, -0.05) is 42.1 Å². The first-order valence-corrected chi connectivity index (χ1v) is 8.88. The van der Waals surface area contributed by atoms with Gasteiger partial charge in [0.1, 0.15) is 0 Å². The summed E-state index contributed by atoms with van der Waals surface area (Å²) >= 11 is 13.8. The van der Waals surface area contributed by atoms with Crippen molar-refractivity contribution in [1.29, 1.82) is 0 Å². The van der Waals surface area contributed by atoms with Gasteiger partial charge in [-0.2, -0.15) is 0 Å². The van der Waals surface area contributed by atoms with E-state index in [4.69, 9.17) is 23.2 Å². The number of benzene rings is 1. The smallest absolute Gasteiger partial charge is 0.232 e. The van der Waals surface area contributed by atoms with Gasteiger partial charge in [-0.3, -0.25) is 4.79 Å². The molecule has 1 saturated heterocycles. The fourth-order valence-electron chi connectivity index (χ4n) is 2.32. The molecule has 0 aliphatic carbocycles. The number of hydrogen-bond donors (Lipinski definition) is 0. The molecule has 1 aromatic rings. The summed E-state index contributed by atoms with van der Waals surface area (Å²) in [5.41, 5.74) is 0.921. The van der Waals surface area contributed by atoms with Crippen molar-refractivity contribution in [3.05, 3.63) is 33.8 Å². The van der Waals surface area contributed by atoms with Crippen molar-refractivity contribution in [3.8, 4) is 0 Å². The maximum Gasteiger partial charge on any atom is 0.232 e. The van der Waals surface area contributed by atoms with Crippen LogP contribution in [-0.2, 0) is 10.5 Å². The van der Waals surface area contributed by atoms with E-state index in [1.807, 2.05) is 23.1 Å². The molecule has 2 nitrogen and oxygen atoms in total. The van der Waals surface area contributed by atoms with E-state index < -0.39 is 0 Å². The largest absolute Gasteiger partial charge is 0.342 e. The maximum atomic E-state index is 12.2. The van der Waals surface area contributed by atoms with Crippen LogP contribution in [0, 0.1) is 0 Å². The van der Waals surface area contributed by atoms with Gasteiger partial charge in [0.25, 0.3) is 0 Å². The molecule has 0 N–H and O–H groups in total. The Morgan fingerprint density at radius 1 is 1.10 bits per heavy atom. The van der Waals surface area contributed by atoms with Crippen molar-refractivity contribution in [2.75, 3.05) is 18.8 Å². The first kappa shape index (κ1) is 16.0. The lowest BCUT2D eigenvalue weighted by molar-refractivity contribution is -0.128. The van der Waals surface area contributed by atoms with Gasteiger partial charge in [0.15, 0.2) is 0 Å². The molecule has 0 radical (unpaired) electrons. The Morgan fingerprint density at radius 2 is 1.70 bits per heavy atom. The topological polar surface area (TPSA) is 20.3 Å². The summed E-state index contributed by atoms with van der Waals surface area (Å²) < 4.78 is 0. The summed E-state index contributed by atoms with van der Waals surface area (Å²) in [6.45, 7) is 1.82. The molecule has 0 bridgehead atoms. The van der Waals surface area contributed by atoms with E-state index in [0.717, 1.165) is 31.5 Å². The third-order valence-corrected chi connectivity index (χ3v) is 5.14. The van der Waals surface area contributed by atoms with E-state index in [1.165, 1.54) is 12.8 Å². The van der Waals surface area contributed by atoms with Gasteiger partial charge in [-0.25, -0.2) is 0 Å². The first-order chi connectivity index (χ1) is 9.68. The van der Waals surface area contributed by atoms with Crippen LogP contribution in [0.5, 0.6) is 0 Å². The lowest BCUT2D eigenvalue weighted by Crippen LogP contribution is -2.33. The van der Waals surface area contributed by atoms with Crippen LogP contribution in [0.2, 0.25) is 10.0 Å². The van der Waals surface area contributed by atoms with E-state index in [0.29, 0.717) is 21.6 Å². The minimum atomic E-state index is 0.236. The molecule has 0 atom stereocenters. The number of nitrogens with zero attached hydrogens (tertiary/aromatic N) is 1. The quantitative estimate of drug-likeness (QED) is 0.801. The summed E-state index contributed by atoms with van der Waals surface area (Å²) in [7, 11) is 0. The van der Waals surface area contributed by atoms with Crippen LogP contribution < -0.4 is 0 Å². The summed E-state index contributed by atoms with van der Waals surface area (Å²) in [4.78, 5) is 14.1. The Labute approximate surface area is 134 Å². The summed E-state index contributed by atoms with van der Waals surface area (Å²) in [6, 6.07) is 5.50. The highest BCUT2D eigenvalue weighted by atomic mass is 35.5. The second-order valence-electron chi connectivity index (χ2n) is 4.99. The van der Waals surface area contributed by atoms with E-state index in [1.54, 1.807) is 11.8 Å². The van der Waals surface area contributed by atoms with Gasteiger partial charge >= 0.3 is 0 Å². The highest BCUT2D eigenvalue weighted by Gasteiger charge is 2.15. The minimum absolute atomic E-state index is 0.236. The van der Waals surface area contributed by atoms with Gasteiger partial charge < -0.3 is 4.90 Å². The van der Waals surface area contributed by atoms with Crippen LogP contribution >= 0.6 is 35.0 Å². The fourth-order valence-corrected chi connectivity index (χ4v) is 3.99. The minimum Gasteiger partial charge on any atom is -0.342 e. The zero-order valence-electron chi connectivity index (χ0n) is 11.4. The molecule has 110 valence electrons. The highest BCUT2D eigenvalue weighted by Crippen LogP contribution is 2.28. The molecule has 20 heavy (non-hydrogen) atoms. The number of halogens is 2. The average molecular weight is 332 g/mol. The molecule has 0 saturated carbocycles. The van der Waals surface area contributed by atoms with Crippen LogP contribution in [0.4, 0.5) is 0 Å². The molecule has 0 aromatic heterocycles. The predicted octanol–water partition coefficient (Wildman–Crippen LogP) is 4.63. The van der Waals surface area contributed by atoms with Gasteiger partial charge in [0.2, 0.25) is 5.91 Å². The maximum absolute atomic E-state index is 12.2. The van der Waals surface area contributed by atoms with Crippen LogP contribution in [-0.4, -0.2) is 29.6 Å². The number of carbonyl (C=O) groups is 1. The lowest BCUT2D eigenvalue weighted by Gasteiger charge is -2.20. The number of rotatable bonds is 4. The van der Waals surface area contributed by atoms with Crippen LogP contribution in [0.15, 0.2) is 18.2 Å². The average Bonchev–Trinajstić information content (AvgIpc) is 2.71. The SMILES string of the molecule is O=C(CSCc1c(Cl)cccc1Cl)N1CCCCCC1. The van der Waals surface area contributed by atoms with E-state index in [2.05, 4.69) is 0 Å². The monoisotopic (exact) mass is 331 g/mol. The Morgan fingerprint density at radius 3 is 2.30 bits per heavy atom. The second kappa shape index (κ2) is 8.16. The Balaban J connectivity index is 1.81. The fraction of sp³-hybridized carbons (Fsp3) is 0.533. The Hall–Kier alpha value is -0.380. The number of carbonyl (C=O) groups excluding carboxylic acids is 1. The number of amides is 1. The van der Waals surface area contributed by atoms with Crippen molar-refractivity contribution in [2.45, 2.75) is 31.4 Å². The molecule has 2 rings (SSSR count). The van der Waals surface area contributed by atoms with E-state index in [-0.39, 0.29) is 5.91 Å². The van der Waals surface area contributed by atoms with Gasteiger partial charge in [0.05, 0.1) is 5.75 Å². The normalized spacial score (nSPS) is 16.0. The van der Waals surface area contributed by atoms with Gasteiger partial charge in [-0.15, -0.1) is 11.8 Å². The summed E-state index contributed by atoms with van der Waals surface area (Å²) in [5.74, 6) is 1.42. The Bertz CT molecular complexity index is 439. The molecule has 0 unspecified atom stereocenters. The van der Waals surface area contributed by atoms with Crippen LogP contribution in [0.25, 0.3) is 0 Å². The highest BCUT2D eigenvalue weighted by molar-refractivity contribution is 7.99. The third kappa shape index (κ3) is 4.57. The zero-order valence-corrected chi connectivity index (χ0v) is 13.7. The Kier molecular flexibility index (Phi) is 6.53. The first-order valence-electron chi connectivity index (χ1n) is 6.97. The van der Waals surface area contributed by atoms with Gasteiger partial charge in [0, 0.05) is 28.9 Å². The molecule has 1 heterocycles. The molecular formula is C15H19Cl2NOS. The van der Waals surface area contributed by atoms with Crippen molar-refractivity contribution < 1.29 is 4.79 Å². The lowest BCUT2D eigenvalue weighted by atomic mass is 10.2. The van der Waals surface area contributed by atoms with Crippen molar-refractivity contribution in [3.63, 3.8) is 0 Å². The van der Waals surface area contributed by atoms with Crippen LogP contribution in [0.1, 0.15) is 31.2 Å². The molecule has 5 heteroatoms. The second-order valence-corrected chi connectivity index (χ2v) is 6.79. The molecule has 1 aliphatic heterocycles. The summed E-state index contributed by atoms with van der Waals surface area (Å²) in [6.07, 6.45) is 4.75. The van der Waals surface area contributed by atoms with E-state index in [9.17, 15) is 4.79 Å². The third-order valence-electron chi connectivity index (χ3n) is 3.49. The molecule has 1 amide bonds. The predicted molar refractivity (Wildman–Crippen MR) is 87.7 cm³/mol. The number of likely N-dealkylation sites (tertiary alicyclic amines) is 1. The summed E-state index contributed by atoms with van der Waals surface area (Å²) in [5, 5.41) is 1.35.